The van der Waals surface area contributed by atoms with Crippen molar-refractivity contribution in [3.63, 3.8) is 0 Å². The van der Waals surface area contributed by atoms with Gasteiger partial charge in [0.05, 0.1) is 24.8 Å². The zero-order chi connectivity index (χ0) is 19.8. The molecular weight excluding hydrogens is 364 g/mol. The third-order valence-electron chi connectivity index (χ3n) is 5.28. The smallest absolute Gasteiger partial charge is 0.281 e. The molecule has 0 radical (unpaired) electrons. The quantitative estimate of drug-likeness (QED) is 0.607. The van der Waals surface area contributed by atoms with E-state index in [2.05, 4.69) is 40.7 Å². The van der Waals surface area contributed by atoms with Crippen LogP contribution in [0.2, 0.25) is 0 Å². The molecule has 1 aliphatic carbocycles. The summed E-state index contributed by atoms with van der Waals surface area (Å²) in [6.07, 6.45) is 2.13. The molecule has 0 bridgehead atoms. The second-order valence-electron chi connectivity index (χ2n) is 8.02. The van der Waals surface area contributed by atoms with Crippen molar-refractivity contribution in [3.8, 4) is 0 Å². The Morgan fingerprint density at radius 2 is 1.93 bits per heavy atom. The van der Waals surface area contributed by atoms with E-state index >= 15 is 0 Å². The Kier molecular flexibility index (Phi) is 5.58. The number of nitrogens with one attached hydrogen (secondary N) is 2. The van der Waals surface area contributed by atoms with Crippen LogP contribution in [0.1, 0.15) is 43.1 Å². The summed E-state index contributed by atoms with van der Waals surface area (Å²) < 4.78 is 5.35. The third-order valence-corrected chi connectivity index (χ3v) is 6.50. The van der Waals surface area contributed by atoms with Gasteiger partial charge in [-0.15, -0.1) is 0 Å². The molecule has 2 amide bonds. The highest BCUT2D eigenvalue weighted by Crippen LogP contribution is 2.59. The first-order valence-corrected chi connectivity index (χ1v) is 10.1. The molecule has 3 rings (SSSR count). The number of hydrogen-bond acceptors (Lipinski definition) is 6. The van der Waals surface area contributed by atoms with Gasteiger partial charge in [0.2, 0.25) is 5.91 Å². The Labute approximate surface area is 164 Å². The number of aryl methyl sites for hydroxylation is 1. The fourth-order valence-electron chi connectivity index (χ4n) is 3.58. The van der Waals surface area contributed by atoms with Crippen LogP contribution in [-0.2, 0) is 9.53 Å². The maximum Gasteiger partial charge on any atom is 0.281 e. The number of aromatic nitrogens is 1. The predicted octanol–water partition coefficient (Wildman–Crippen LogP) is 2.29. The normalized spacial score (nSPS) is 23.5. The number of carbonyl (C=O) groups is 2. The van der Waals surface area contributed by atoms with Crippen molar-refractivity contribution < 1.29 is 14.3 Å². The van der Waals surface area contributed by atoms with Crippen LogP contribution in [0.4, 0.5) is 5.13 Å². The third kappa shape index (κ3) is 4.16. The molecule has 0 spiro atoms. The Morgan fingerprint density at radius 3 is 2.56 bits per heavy atom. The van der Waals surface area contributed by atoms with E-state index in [4.69, 9.17) is 4.74 Å². The molecule has 27 heavy (non-hydrogen) atoms. The molecule has 2 fully saturated rings. The number of hydrogen-bond donors (Lipinski definition) is 2. The lowest BCUT2D eigenvalue weighted by atomic mass is 10.1. The van der Waals surface area contributed by atoms with Gasteiger partial charge in [-0.25, -0.2) is 4.98 Å². The van der Waals surface area contributed by atoms with E-state index in [0.29, 0.717) is 23.8 Å². The second kappa shape index (κ2) is 7.59. The van der Waals surface area contributed by atoms with Crippen LogP contribution in [0.3, 0.4) is 0 Å². The van der Waals surface area contributed by atoms with Crippen LogP contribution in [0.5, 0.6) is 0 Å². The van der Waals surface area contributed by atoms with Crippen LogP contribution in [0.25, 0.3) is 0 Å². The minimum atomic E-state index is -0.324. The molecule has 1 aromatic rings. The Morgan fingerprint density at radius 1 is 1.26 bits per heavy atom. The SMILES string of the molecule is CC(C)=CC1C(C(=O)NNC(=O)c2sc(N3CCOCC3)nc2C)C1(C)C. The maximum atomic E-state index is 12.5. The van der Waals surface area contributed by atoms with Gasteiger partial charge < -0.3 is 9.64 Å². The van der Waals surface area contributed by atoms with Gasteiger partial charge in [0.1, 0.15) is 4.88 Å². The molecule has 148 valence electrons. The van der Waals surface area contributed by atoms with E-state index in [0.717, 1.165) is 18.2 Å². The van der Waals surface area contributed by atoms with Gasteiger partial charge in [0, 0.05) is 13.1 Å². The number of hydrazine groups is 1. The lowest BCUT2D eigenvalue weighted by Crippen LogP contribution is -2.43. The lowest BCUT2D eigenvalue weighted by Gasteiger charge is -2.25. The number of carbonyl (C=O) groups excluding carboxylic acids is 2. The van der Waals surface area contributed by atoms with Crippen LogP contribution in [0.15, 0.2) is 11.6 Å². The van der Waals surface area contributed by atoms with Crippen LogP contribution in [-0.4, -0.2) is 43.1 Å². The summed E-state index contributed by atoms with van der Waals surface area (Å²) in [5, 5.41) is 0.819. The highest BCUT2D eigenvalue weighted by atomic mass is 32.1. The average molecular weight is 393 g/mol. The van der Waals surface area contributed by atoms with E-state index < -0.39 is 0 Å². The zero-order valence-electron chi connectivity index (χ0n) is 16.6. The van der Waals surface area contributed by atoms with Crippen molar-refractivity contribution in [2.24, 2.45) is 17.3 Å². The summed E-state index contributed by atoms with van der Waals surface area (Å²) in [5.74, 6) is -0.391. The fraction of sp³-hybridized carbons (Fsp3) is 0.632. The van der Waals surface area contributed by atoms with Crippen LogP contribution in [0, 0.1) is 24.2 Å². The minimum Gasteiger partial charge on any atom is -0.378 e. The summed E-state index contributed by atoms with van der Waals surface area (Å²) in [4.78, 5) is 32.2. The molecule has 0 aromatic carbocycles. The summed E-state index contributed by atoms with van der Waals surface area (Å²) in [6.45, 7) is 12.9. The Bertz CT molecular complexity index is 761. The number of ether oxygens (including phenoxy) is 1. The number of nitrogens with zero attached hydrogens (tertiary/aromatic N) is 2. The first-order valence-electron chi connectivity index (χ1n) is 9.27. The Hall–Kier alpha value is -1.93. The molecule has 2 unspecified atom stereocenters. The first kappa shape index (κ1) is 19.8. The van der Waals surface area contributed by atoms with Gasteiger partial charge in [0.25, 0.3) is 5.91 Å². The molecule has 8 heteroatoms. The minimum absolute atomic E-state index is 0.0873. The van der Waals surface area contributed by atoms with E-state index in [1.54, 1.807) is 0 Å². The van der Waals surface area contributed by atoms with Gasteiger partial charge in [-0.05, 0) is 32.1 Å². The molecule has 2 aliphatic rings. The molecule has 1 aliphatic heterocycles. The average Bonchev–Trinajstić information content (AvgIpc) is 2.96. The fourth-order valence-corrected chi connectivity index (χ4v) is 4.60. The Balaban J connectivity index is 1.59. The monoisotopic (exact) mass is 392 g/mol. The van der Waals surface area contributed by atoms with Gasteiger partial charge in [-0.1, -0.05) is 36.8 Å². The first-order chi connectivity index (χ1) is 12.7. The number of morpholine rings is 1. The molecule has 2 atom stereocenters. The lowest BCUT2D eigenvalue weighted by molar-refractivity contribution is -0.123. The molecule has 2 N–H and O–H groups in total. The summed E-state index contributed by atoms with van der Waals surface area (Å²) in [5.41, 5.74) is 6.93. The summed E-state index contributed by atoms with van der Waals surface area (Å²) >= 11 is 1.34. The van der Waals surface area contributed by atoms with Crippen LogP contribution >= 0.6 is 11.3 Å². The molecular formula is C19H28N4O3S. The van der Waals surface area contributed by atoms with E-state index in [1.165, 1.54) is 16.9 Å². The molecule has 1 saturated heterocycles. The van der Waals surface area contributed by atoms with Crippen molar-refractivity contribution in [1.82, 2.24) is 15.8 Å². The number of thiazole rings is 1. The van der Waals surface area contributed by atoms with Gasteiger partial charge in [-0.3, -0.25) is 20.4 Å². The topological polar surface area (TPSA) is 83.6 Å². The maximum absolute atomic E-state index is 12.5. The van der Waals surface area contributed by atoms with Crippen LogP contribution < -0.4 is 15.8 Å². The number of anilines is 1. The van der Waals surface area contributed by atoms with Gasteiger partial charge in [0.15, 0.2) is 5.13 Å². The molecule has 7 nitrogen and oxygen atoms in total. The zero-order valence-corrected chi connectivity index (χ0v) is 17.4. The van der Waals surface area contributed by atoms with Crippen molar-refractivity contribution in [3.05, 3.63) is 22.2 Å². The largest absolute Gasteiger partial charge is 0.378 e. The second-order valence-corrected chi connectivity index (χ2v) is 9.00. The van der Waals surface area contributed by atoms with E-state index in [9.17, 15) is 9.59 Å². The number of allylic oxidation sites excluding steroid dienone is 2. The van der Waals surface area contributed by atoms with Gasteiger partial charge >= 0.3 is 0 Å². The number of rotatable bonds is 4. The van der Waals surface area contributed by atoms with Crippen molar-refractivity contribution in [2.45, 2.75) is 34.6 Å². The summed E-state index contributed by atoms with van der Waals surface area (Å²) in [6, 6.07) is 0. The van der Waals surface area contributed by atoms with E-state index in [-0.39, 0.29) is 29.1 Å². The molecule has 2 heterocycles. The summed E-state index contributed by atoms with van der Waals surface area (Å²) in [7, 11) is 0. The van der Waals surface area contributed by atoms with Crippen molar-refractivity contribution in [1.29, 1.82) is 0 Å². The standard InChI is InChI=1S/C19H28N4O3S/c1-11(2)10-13-14(19(13,4)5)16(24)21-22-17(25)15-12(3)20-18(27-15)23-6-8-26-9-7-23/h10,13-14H,6-9H2,1-5H3,(H,21,24)(H,22,25). The van der Waals surface area contributed by atoms with E-state index in [1.807, 2.05) is 20.8 Å². The highest BCUT2D eigenvalue weighted by molar-refractivity contribution is 7.17. The number of amides is 2. The van der Waals surface area contributed by atoms with Gasteiger partial charge in [-0.2, -0.15) is 0 Å². The van der Waals surface area contributed by atoms with Crippen molar-refractivity contribution in [2.75, 3.05) is 31.2 Å². The van der Waals surface area contributed by atoms with Crippen molar-refractivity contribution >= 4 is 28.3 Å². The highest BCUT2D eigenvalue weighted by Gasteiger charge is 2.60. The predicted molar refractivity (Wildman–Crippen MR) is 106 cm³/mol. The molecule has 1 aromatic heterocycles. The molecule has 1 saturated carbocycles.